The molecule has 10 heteroatoms. The summed E-state index contributed by atoms with van der Waals surface area (Å²) in [5.74, 6) is -0.0996. The van der Waals surface area contributed by atoms with E-state index in [1.807, 2.05) is 10.7 Å². The SMILES string of the molecule is N#Cc1cc(-c2cc3n(n2)CCOC32CCN(C(=O)NC3(c4ccc(F)cc4)CCC3)C2)cnc1N. The minimum atomic E-state index is -0.650. The minimum Gasteiger partial charge on any atom is -0.383 e. The van der Waals surface area contributed by atoms with E-state index in [1.54, 1.807) is 29.3 Å². The second-order valence-corrected chi connectivity index (χ2v) is 9.79. The van der Waals surface area contributed by atoms with Gasteiger partial charge < -0.3 is 20.7 Å². The third-order valence-corrected chi connectivity index (χ3v) is 7.73. The number of ether oxygens (including phenoxy) is 1. The Balaban J connectivity index is 1.23. The number of likely N-dealkylation sites (tertiary alicyclic amines) is 1. The highest BCUT2D eigenvalue weighted by Gasteiger charge is 2.48. The molecule has 0 radical (unpaired) electrons. The van der Waals surface area contributed by atoms with Crippen LogP contribution < -0.4 is 11.1 Å². The van der Waals surface area contributed by atoms with Gasteiger partial charge in [-0.15, -0.1) is 0 Å². The lowest BCUT2D eigenvalue weighted by Crippen LogP contribution is -2.55. The summed E-state index contributed by atoms with van der Waals surface area (Å²) in [4.78, 5) is 19.3. The number of anilines is 1. The predicted molar refractivity (Wildman–Crippen MR) is 129 cm³/mol. The number of aromatic nitrogens is 3. The summed E-state index contributed by atoms with van der Waals surface area (Å²) in [5, 5.41) is 17.3. The van der Waals surface area contributed by atoms with Crippen LogP contribution in [0.15, 0.2) is 42.6 Å². The molecular formula is C26H26FN7O2. The first-order valence-electron chi connectivity index (χ1n) is 12.1. The topological polar surface area (TPSA) is 122 Å². The number of fused-ring (bicyclic) bond motifs is 2. The number of benzene rings is 1. The summed E-state index contributed by atoms with van der Waals surface area (Å²) in [6, 6.07) is 12.0. The van der Waals surface area contributed by atoms with Crippen LogP contribution in [0.3, 0.4) is 0 Å². The number of carbonyl (C=O) groups excluding carboxylic acids is 1. The number of nitrogens with zero attached hydrogens (tertiary/aromatic N) is 5. The highest BCUT2D eigenvalue weighted by atomic mass is 19.1. The first-order chi connectivity index (χ1) is 17.4. The van der Waals surface area contributed by atoms with Crippen LogP contribution in [-0.2, 0) is 22.4 Å². The standard InChI is InChI=1S/C26H26FN7O2/c27-20-4-2-19(3-5-20)25(6-1-7-25)31-24(35)33-9-8-26(16-33)22-13-21(32-34(22)10-11-36-26)18-12-17(14-28)23(29)30-15-18/h2-5,12-13,15H,1,6-11,16H2,(H2,29,30)(H,31,35). The van der Waals surface area contributed by atoms with Crippen molar-refractivity contribution in [1.29, 1.82) is 5.26 Å². The van der Waals surface area contributed by atoms with Gasteiger partial charge in [0.05, 0.1) is 42.2 Å². The lowest BCUT2D eigenvalue weighted by molar-refractivity contribution is -0.0703. The molecule has 2 aliphatic heterocycles. The Morgan fingerprint density at radius 1 is 1.19 bits per heavy atom. The van der Waals surface area contributed by atoms with Crippen molar-refractivity contribution in [2.24, 2.45) is 0 Å². The Morgan fingerprint density at radius 3 is 2.72 bits per heavy atom. The Labute approximate surface area is 207 Å². The summed E-state index contributed by atoms with van der Waals surface area (Å²) in [6.45, 7) is 2.05. The zero-order chi connectivity index (χ0) is 24.9. The molecule has 2 amide bonds. The van der Waals surface area contributed by atoms with Crippen LogP contribution in [0.5, 0.6) is 0 Å². The van der Waals surface area contributed by atoms with Gasteiger partial charge in [0.1, 0.15) is 23.3 Å². The molecule has 1 aliphatic carbocycles. The lowest BCUT2D eigenvalue weighted by atomic mass is 9.72. The van der Waals surface area contributed by atoms with Gasteiger partial charge in [-0.05, 0) is 49.1 Å². The number of pyridine rings is 1. The van der Waals surface area contributed by atoms with Gasteiger partial charge in [-0.3, -0.25) is 4.68 Å². The van der Waals surface area contributed by atoms with Crippen molar-refractivity contribution in [3.05, 3.63) is 65.2 Å². The molecule has 184 valence electrons. The highest BCUT2D eigenvalue weighted by Crippen LogP contribution is 2.43. The second kappa shape index (κ2) is 8.31. The van der Waals surface area contributed by atoms with Gasteiger partial charge in [0.2, 0.25) is 0 Å². The number of urea groups is 1. The normalized spacial score (nSPS) is 22.1. The van der Waals surface area contributed by atoms with Crippen LogP contribution in [0.1, 0.15) is 42.5 Å². The van der Waals surface area contributed by atoms with E-state index in [-0.39, 0.29) is 17.7 Å². The van der Waals surface area contributed by atoms with Gasteiger partial charge in [0.15, 0.2) is 0 Å². The Hall–Kier alpha value is -3.97. The summed E-state index contributed by atoms with van der Waals surface area (Å²) in [5.41, 5.74) is 8.21. The van der Waals surface area contributed by atoms with Crippen molar-refractivity contribution < 1.29 is 13.9 Å². The number of carbonyl (C=O) groups is 1. The molecule has 2 fully saturated rings. The maximum atomic E-state index is 13.5. The fourth-order valence-corrected chi connectivity index (χ4v) is 5.55. The van der Waals surface area contributed by atoms with Crippen LogP contribution in [0, 0.1) is 17.1 Å². The van der Waals surface area contributed by atoms with Crippen molar-refractivity contribution in [3.8, 4) is 17.3 Å². The number of nitrogen functional groups attached to an aromatic ring is 1. The first-order valence-corrected chi connectivity index (χ1v) is 12.1. The number of halogens is 1. The summed E-state index contributed by atoms with van der Waals surface area (Å²) in [7, 11) is 0. The van der Waals surface area contributed by atoms with E-state index in [0.717, 1.165) is 30.5 Å². The molecule has 6 rings (SSSR count). The van der Waals surface area contributed by atoms with Gasteiger partial charge in [0, 0.05) is 24.7 Å². The van der Waals surface area contributed by atoms with Crippen LogP contribution >= 0.6 is 0 Å². The maximum absolute atomic E-state index is 13.5. The van der Waals surface area contributed by atoms with E-state index < -0.39 is 11.1 Å². The van der Waals surface area contributed by atoms with Gasteiger partial charge in [-0.2, -0.15) is 10.4 Å². The van der Waals surface area contributed by atoms with Crippen molar-refractivity contribution in [3.63, 3.8) is 0 Å². The Bertz CT molecular complexity index is 1380. The number of nitriles is 1. The van der Waals surface area contributed by atoms with Crippen LogP contribution in [0.4, 0.5) is 15.0 Å². The molecule has 1 saturated carbocycles. The second-order valence-electron chi connectivity index (χ2n) is 9.79. The average Bonchev–Trinajstić information content (AvgIpc) is 3.49. The number of amides is 2. The molecule has 36 heavy (non-hydrogen) atoms. The van der Waals surface area contributed by atoms with E-state index in [0.29, 0.717) is 49.5 Å². The molecular weight excluding hydrogens is 461 g/mol. The summed E-state index contributed by atoms with van der Waals surface area (Å²) in [6.07, 6.45) is 4.94. The third kappa shape index (κ3) is 3.58. The molecule has 1 atom stereocenters. The van der Waals surface area contributed by atoms with E-state index in [4.69, 9.17) is 15.6 Å². The Morgan fingerprint density at radius 2 is 2.00 bits per heavy atom. The molecule has 1 aromatic carbocycles. The molecule has 0 bridgehead atoms. The predicted octanol–water partition coefficient (Wildman–Crippen LogP) is 3.26. The molecule has 9 nitrogen and oxygen atoms in total. The molecule has 1 saturated heterocycles. The van der Waals surface area contributed by atoms with Gasteiger partial charge in [-0.25, -0.2) is 14.2 Å². The fraction of sp³-hybridized carbons (Fsp3) is 0.385. The molecule has 4 heterocycles. The van der Waals surface area contributed by atoms with Crippen LogP contribution in [0.25, 0.3) is 11.3 Å². The number of nitrogens with two attached hydrogens (primary N) is 1. The maximum Gasteiger partial charge on any atom is 0.318 e. The molecule has 1 unspecified atom stereocenters. The number of nitrogens with one attached hydrogen (secondary N) is 1. The van der Waals surface area contributed by atoms with Crippen molar-refractivity contribution in [2.45, 2.75) is 43.4 Å². The zero-order valence-electron chi connectivity index (χ0n) is 19.7. The molecule has 3 aromatic rings. The molecule has 3 aliphatic rings. The van der Waals surface area contributed by atoms with E-state index >= 15 is 0 Å². The lowest BCUT2D eigenvalue weighted by Gasteiger charge is -2.44. The smallest absolute Gasteiger partial charge is 0.318 e. The van der Waals surface area contributed by atoms with Crippen molar-refractivity contribution >= 4 is 11.8 Å². The van der Waals surface area contributed by atoms with Gasteiger partial charge in [-0.1, -0.05) is 12.1 Å². The van der Waals surface area contributed by atoms with Crippen molar-refractivity contribution in [1.82, 2.24) is 25.0 Å². The number of hydrogen-bond donors (Lipinski definition) is 2. The number of hydrogen-bond acceptors (Lipinski definition) is 6. The van der Waals surface area contributed by atoms with Crippen LogP contribution in [-0.4, -0.2) is 45.4 Å². The average molecular weight is 488 g/mol. The largest absolute Gasteiger partial charge is 0.383 e. The quantitative estimate of drug-likeness (QED) is 0.585. The van der Waals surface area contributed by atoms with E-state index in [9.17, 15) is 14.4 Å². The fourth-order valence-electron chi connectivity index (χ4n) is 5.55. The van der Waals surface area contributed by atoms with E-state index in [1.165, 1.54) is 12.1 Å². The molecule has 2 aromatic heterocycles. The minimum absolute atomic E-state index is 0.141. The van der Waals surface area contributed by atoms with Gasteiger partial charge in [0.25, 0.3) is 0 Å². The van der Waals surface area contributed by atoms with Crippen LogP contribution in [0.2, 0.25) is 0 Å². The highest BCUT2D eigenvalue weighted by molar-refractivity contribution is 5.76. The third-order valence-electron chi connectivity index (χ3n) is 7.73. The number of rotatable bonds is 3. The van der Waals surface area contributed by atoms with Gasteiger partial charge >= 0.3 is 6.03 Å². The molecule has 1 spiro atoms. The van der Waals surface area contributed by atoms with Crippen molar-refractivity contribution in [2.75, 3.05) is 25.4 Å². The Kier molecular flexibility index (Phi) is 5.19. The monoisotopic (exact) mass is 487 g/mol. The van der Waals surface area contributed by atoms with E-state index in [2.05, 4.69) is 16.4 Å². The summed E-state index contributed by atoms with van der Waals surface area (Å²) < 4.78 is 21.7. The molecule has 3 N–H and O–H groups in total. The first kappa shape index (κ1) is 22.5. The zero-order valence-corrected chi connectivity index (χ0v) is 19.7. The summed E-state index contributed by atoms with van der Waals surface area (Å²) >= 11 is 0.